The van der Waals surface area contributed by atoms with Gasteiger partial charge < -0.3 is 5.11 Å². The molecule has 3 nitrogen and oxygen atoms in total. The lowest BCUT2D eigenvalue weighted by molar-refractivity contribution is 0.198. The summed E-state index contributed by atoms with van der Waals surface area (Å²) in [4.78, 5) is 10.2. The molecule has 16 heavy (non-hydrogen) atoms. The molecule has 0 bridgehead atoms. The summed E-state index contributed by atoms with van der Waals surface area (Å²) in [5, 5.41) is 10.6. The van der Waals surface area contributed by atoms with Gasteiger partial charge in [-0.25, -0.2) is 4.79 Å². The van der Waals surface area contributed by atoms with Crippen LogP contribution >= 0.6 is 0 Å². The maximum Gasteiger partial charge on any atom is 0.408 e. The zero-order chi connectivity index (χ0) is 12.2. The maximum absolute atomic E-state index is 10.2. The molecule has 0 saturated carbocycles. The van der Waals surface area contributed by atoms with Gasteiger partial charge in [0.1, 0.15) is 0 Å². The van der Waals surface area contributed by atoms with Crippen LogP contribution in [0.5, 0.6) is 0 Å². The predicted octanol–water partition coefficient (Wildman–Crippen LogP) is 3.22. The van der Waals surface area contributed by atoms with Gasteiger partial charge in [-0.05, 0) is 22.6 Å². The summed E-state index contributed by atoms with van der Waals surface area (Å²) in [6, 6.07) is 8.06. The molecular formula is C13H17NO2. The minimum absolute atomic E-state index is 0.140. The van der Waals surface area contributed by atoms with E-state index in [1.165, 1.54) is 11.8 Å². The standard InChI is InChI=1S/C13H17NO2/c1-13(2,3)11-6-4-10(5-7-11)8-9-14-12(15)16/h4-9,14H,1-3H3,(H,15,16). The fraction of sp³-hybridized carbons (Fsp3) is 0.308. The second-order valence-corrected chi connectivity index (χ2v) is 4.65. The molecule has 0 aromatic heterocycles. The van der Waals surface area contributed by atoms with Gasteiger partial charge in [-0.1, -0.05) is 45.0 Å². The highest BCUT2D eigenvalue weighted by molar-refractivity contribution is 5.67. The molecular weight excluding hydrogens is 202 g/mol. The van der Waals surface area contributed by atoms with Crippen molar-refractivity contribution in [2.75, 3.05) is 0 Å². The Balaban J connectivity index is 2.72. The smallest absolute Gasteiger partial charge is 0.408 e. The lowest BCUT2D eigenvalue weighted by Gasteiger charge is -2.18. The van der Waals surface area contributed by atoms with Gasteiger partial charge in [0.05, 0.1) is 0 Å². The number of carboxylic acid groups (broad SMARTS) is 1. The van der Waals surface area contributed by atoms with Gasteiger partial charge in [-0.2, -0.15) is 0 Å². The van der Waals surface area contributed by atoms with Gasteiger partial charge in [0.25, 0.3) is 0 Å². The molecule has 0 aliphatic heterocycles. The van der Waals surface area contributed by atoms with E-state index >= 15 is 0 Å². The van der Waals surface area contributed by atoms with E-state index in [4.69, 9.17) is 5.11 Å². The minimum Gasteiger partial charge on any atom is -0.465 e. The Morgan fingerprint density at radius 1 is 1.25 bits per heavy atom. The van der Waals surface area contributed by atoms with Crippen LogP contribution in [0.4, 0.5) is 4.79 Å². The van der Waals surface area contributed by atoms with Crippen LogP contribution in [0, 0.1) is 0 Å². The Labute approximate surface area is 95.8 Å². The van der Waals surface area contributed by atoms with E-state index in [2.05, 4.69) is 38.2 Å². The maximum atomic E-state index is 10.2. The molecule has 1 aromatic carbocycles. The molecule has 0 fully saturated rings. The van der Waals surface area contributed by atoms with Crippen molar-refractivity contribution in [2.45, 2.75) is 26.2 Å². The molecule has 0 atom stereocenters. The van der Waals surface area contributed by atoms with E-state index in [0.717, 1.165) is 5.56 Å². The predicted molar refractivity (Wildman–Crippen MR) is 65.3 cm³/mol. The monoisotopic (exact) mass is 219 g/mol. The number of rotatable bonds is 2. The molecule has 0 heterocycles. The second kappa shape index (κ2) is 4.84. The summed E-state index contributed by atoms with van der Waals surface area (Å²) in [6.07, 6.45) is 2.08. The van der Waals surface area contributed by atoms with E-state index in [-0.39, 0.29) is 5.41 Å². The molecule has 2 N–H and O–H groups in total. The van der Waals surface area contributed by atoms with Crippen LogP contribution in [0.25, 0.3) is 6.08 Å². The summed E-state index contributed by atoms with van der Waals surface area (Å²) < 4.78 is 0. The van der Waals surface area contributed by atoms with Crippen molar-refractivity contribution in [2.24, 2.45) is 0 Å². The van der Waals surface area contributed by atoms with Crippen LogP contribution in [0.3, 0.4) is 0 Å². The average molecular weight is 219 g/mol. The largest absolute Gasteiger partial charge is 0.465 e. The van der Waals surface area contributed by atoms with Crippen LogP contribution in [0.2, 0.25) is 0 Å². The topological polar surface area (TPSA) is 49.3 Å². The fourth-order valence-corrected chi connectivity index (χ4v) is 1.30. The van der Waals surface area contributed by atoms with Crippen LogP contribution in [-0.4, -0.2) is 11.2 Å². The molecule has 0 aliphatic rings. The Hall–Kier alpha value is -1.77. The van der Waals surface area contributed by atoms with Crippen molar-refractivity contribution in [3.63, 3.8) is 0 Å². The molecule has 0 saturated heterocycles. The van der Waals surface area contributed by atoms with Crippen molar-refractivity contribution >= 4 is 12.2 Å². The van der Waals surface area contributed by atoms with E-state index in [1.807, 2.05) is 12.1 Å². The Morgan fingerprint density at radius 3 is 2.25 bits per heavy atom. The summed E-state index contributed by atoms with van der Waals surface area (Å²) in [5.41, 5.74) is 2.37. The number of benzene rings is 1. The second-order valence-electron chi connectivity index (χ2n) is 4.65. The number of amides is 1. The third kappa shape index (κ3) is 3.77. The lowest BCUT2D eigenvalue weighted by Crippen LogP contribution is -2.12. The number of carbonyl (C=O) groups is 1. The zero-order valence-corrected chi connectivity index (χ0v) is 9.82. The van der Waals surface area contributed by atoms with Crippen LogP contribution in [-0.2, 0) is 5.41 Å². The normalized spacial score (nSPS) is 11.7. The average Bonchev–Trinajstić information content (AvgIpc) is 2.16. The van der Waals surface area contributed by atoms with Crippen LogP contribution in [0.1, 0.15) is 31.9 Å². The van der Waals surface area contributed by atoms with Crippen molar-refractivity contribution in [1.29, 1.82) is 0 Å². The van der Waals surface area contributed by atoms with E-state index in [0.29, 0.717) is 0 Å². The first-order valence-electron chi connectivity index (χ1n) is 5.16. The van der Waals surface area contributed by atoms with Gasteiger partial charge in [0.15, 0.2) is 0 Å². The van der Waals surface area contributed by atoms with E-state index < -0.39 is 6.09 Å². The molecule has 86 valence electrons. The SMILES string of the molecule is CC(C)(C)c1ccc(C=CNC(=O)O)cc1. The molecule has 1 amide bonds. The highest BCUT2D eigenvalue weighted by atomic mass is 16.4. The molecule has 1 rings (SSSR count). The first kappa shape index (κ1) is 12.3. The third-order valence-corrected chi connectivity index (χ3v) is 2.26. The van der Waals surface area contributed by atoms with Crippen LogP contribution in [0.15, 0.2) is 30.5 Å². The van der Waals surface area contributed by atoms with Gasteiger partial charge in [0, 0.05) is 6.20 Å². The first-order valence-corrected chi connectivity index (χ1v) is 5.16. The van der Waals surface area contributed by atoms with E-state index in [1.54, 1.807) is 6.08 Å². The first-order chi connectivity index (χ1) is 7.39. The van der Waals surface area contributed by atoms with Gasteiger partial charge in [-0.15, -0.1) is 0 Å². The summed E-state index contributed by atoms with van der Waals surface area (Å²) >= 11 is 0. The Morgan fingerprint density at radius 2 is 1.81 bits per heavy atom. The summed E-state index contributed by atoms with van der Waals surface area (Å²) in [7, 11) is 0. The van der Waals surface area contributed by atoms with Crippen molar-refractivity contribution in [1.82, 2.24) is 5.32 Å². The fourth-order valence-electron chi connectivity index (χ4n) is 1.30. The van der Waals surface area contributed by atoms with E-state index in [9.17, 15) is 4.79 Å². The third-order valence-electron chi connectivity index (χ3n) is 2.26. The highest BCUT2D eigenvalue weighted by Gasteiger charge is 2.12. The van der Waals surface area contributed by atoms with Crippen molar-refractivity contribution in [3.8, 4) is 0 Å². The highest BCUT2D eigenvalue weighted by Crippen LogP contribution is 2.22. The number of hydrogen-bond acceptors (Lipinski definition) is 1. The van der Waals surface area contributed by atoms with Crippen molar-refractivity contribution < 1.29 is 9.90 Å². The van der Waals surface area contributed by atoms with Gasteiger partial charge in [-0.3, -0.25) is 5.32 Å². The van der Waals surface area contributed by atoms with Crippen LogP contribution < -0.4 is 5.32 Å². The molecule has 1 aromatic rings. The molecule has 3 heteroatoms. The Bertz CT molecular complexity index is 385. The molecule has 0 aliphatic carbocycles. The molecule has 0 unspecified atom stereocenters. The summed E-state index contributed by atoms with van der Waals surface area (Å²) in [6.45, 7) is 6.47. The number of nitrogens with one attached hydrogen (secondary N) is 1. The van der Waals surface area contributed by atoms with Gasteiger partial charge in [0.2, 0.25) is 0 Å². The minimum atomic E-state index is -1.05. The lowest BCUT2D eigenvalue weighted by atomic mass is 9.87. The molecule has 0 spiro atoms. The molecule has 0 radical (unpaired) electrons. The quantitative estimate of drug-likeness (QED) is 0.802. The Kier molecular flexibility index (Phi) is 3.72. The van der Waals surface area contributed by atoms with Crippen molar-refractivity contribution in [3.05, 3.63) is 41.6 Å². The van der Waals surface area contributed by atoms with Gasteiger partial charge >= 0.3 is 6.09 Å². The number of hydrogen-bond donors (Lipinski definition) is 2. The summed E-state index contributed by atoms with van der Waals surface area (Å²) in [5.74, 6) is 0. The zero-order valence-electron chi connectivity index (χ0n) is 9.82.